The van der Waals surface area contributed by atoms with E-state index in [0.717, 1.165) is 17.5 Å². The van der Waals surface area contributed by atoms with Crippen LogP contribution in [0.25, 0.3) is 0 Å². The van der Waals surface area contributed by atoms with E-state index in [4.69, 9.17) is 0 Å². The van der Waals surface area contributed by atoms with Crippen LogP contribution >= 0.6 is 0 Å². The maximum Gasteiger partial charge on any atom is 0.243 e. The monoisotopic (exact) mass is 400 g/mol. The number of fused-ring (bicyclic) bond motifs is 5. The number of likely N-dealkylation sites (tertiary alicyclic amines) is 1. The van der Waals surface area contributed by atoms with E-state index in [1.165, 1.54) is 4.90 Å². The van der Waals surface area contributed by atoms with Crippen LogP contribution < -0.4 is 5.32 Å². The van der Waals surface area contributed by atoms with E-state index in [9.17, 15) is 14.4 Å². The Morgan fingerprint density at radius 3 is 1.97 bits per heavy atom. The first kappa shape index (κ1) is 18.8. The lowest BCUT2D eigenvalue weighted by Crippen LogP contribution is -2.51. The molecule has 2 aromatic carbocycles. The fraction of sp³-hybridized carbons (Fsp3) is 0.320. The van der Waals surface area contributed by atoms with E-state index in [1.54, 1.807) is 0 Å². The second kappa shape index (κ2) is 7.56. The standard InChI is InChI=1S/C25H24N2O3/c28-23(26-15-17-9-5-2-6-10-17)20(13-16-7-3-1-4-8-16)27-24(29)21-18-11-12-19(14-18)22(21)25(27)30/h1-12,18-22H,13-15H2,(H,26,28)/t18-,19-,20-,21-,22+/m0/s1. The third kappa shape index (κ3) is 3.15. The third-order valence-electron chi connectivity index (χ3n) is 6.70. The fourth-order valence-corrected chi connectivity index (χ4v) is 5.27. The molecule has 5 atom stereocenters. The molecule has 30 heavy (non-hydrogen) atoms. The number of benzene rings is 2. The molecule has 0 aromatic heterocycles. The van der Waals surface area contributed by atoms with Gasteiger partial charge in [0.2, 0.25) is 17.7 Å². The van der Waals surface area contributed by atoms with E-state index in [-0.39, 0.29) is 41.4 Å². The van der Waals surface area contributed by atoms with Crippen LogP contribution in [0, 0.1) is 23.7 Å². The lowest BCUT2D eigenvalue weighted by Gasteiger charge is -2.27. The molecule has 152 valence electrons. The summed E-state index contributed by atoms with van der Waals surface area (Å²) >= 11 is 0. The van der Waals surface area contributed by atoms with Crippen LogP contribution in [0.15, 0.2) is 72.8 Å². The van der Waals surface area contributed by atoms with Crippen LogP contribution in [0.5, 0.6) is 0 Å². The van der Waals surface area contributed by atoms with Crippen molar-refractivity contribution in [2.45, 2.75) is 25.4 Å². The topological polar surface area (TPSA) is 66.5 Å². The SMILES string of the molecule is O=C(NCc1ccccc1)[C@H](Cc1ccccc1)N1C(=O)[C@@H]2[C@H](C1=O)[C@H]1C=C[C@H]2C1. The zero-order valence-corrected chi connectivity index (χ0v) is 16.6. The zero-order valence-electron chi connectivity index (χ0n) is 16.6. The van der Waals surface area contributed by atoms with Crippen molar-refractivity contribution in [2.24, 2.45) is 23.7 Å². The number of amides is 3. The summed E-state index contributed by atoms with van der Waals surface area (Å²) in [5.41, 5.74) is 1.90. The van der Waals surface area contributed by atoms with Crippen molar-refractivity contribution in [3.63, 3.8) is 0 Å². The molecule has 0 radical (unpaired) electrons. The van der Waals surface area contributed by atoms with Crippen molar-refractivity contribution >= 4 is 17.7 Å². The minimum Gasteiger partial charge on any atom is -0.350 e. The van der Waals surface area contributed by atoms with E-state index in [1.807, 2.05) is 60.7 Å². The molecule has 1 aliphatic heterocycles. The molecule has 3 amide bonds. The first-order valence-corrected chi connectivity index (χ1v) is 10.5. The van der Waals surface area contributed by atoms with Gasteiger partial charge in [-0.25, -0.2) is 0 Å². The number of hydrogen-bond acceptors (Lipinski definition) is 3. The molecule has 2 aromatic rings. The minimum atomic E-state index is -0.832. The number of hydrogen-bond donors (Lipinski definition) is 1. The summed E-state index contributed by atoms with van der Waals surface area (Å²) in [5, 5.41) is 2.94. The van der Waals surface area contributed by atoms with Gasteiger partial charge in [-0.05, 0) is 29.4 Å². The Morgan fingerprint density at radius 1 is 0.867 bits per heavy atom. The Morgan fingerprint density at radius 2 is 1.40 bits per heavy atom. The van der Waals surface area contributed by atoms with Crippen LogP contribution in [0.4, 0.5) is 0 Å². The van der Waals surface area contributed by atoms with Gasteiger partial charge in [0.05, 0.1) is 11.8 Å². The highest BCUT2D eigenvalue weighted by Crippen LogP contribution is 2.52. The first-order valence-electron chi connectivity index (χ1n) is 10.5. The molecule has 1 N–H and O–H groups in total. The molecule has 2 aliphatic carbocycles. The number of imide groups is 1. The summed E-state index contributed by atoms with van der Waals surface area (Å²) in [5.74, 6) is -0.988. The molecule has 5 rings (SSSR count). The number of rotatable bonds is 6. The van der Waals surface area contributed by atoms with Crippen molar-refractivity contribution in [3.05, 3.63) is 83.9 Å². The maximum atomic E-state index is 13.3. The summed E-state index contributed by atoms with van der Waals surface area (Å²) in [4.78, 5) is 41.1. The maximum absolute atomic E-state index is 13.3. The predicted octanol–water partition coefficient (Wildman–Crippen LogP) is 2.72. The van der Waals surface area contributed by atoms with Crippen LogP contribution in [0.3, 0.4) is 0 Å². The van der Waals surface area contributed by atoms with Gasteiger partial charge in [-0.3, -0.25) is 19.3 Å². The van der Waals surface area contributed by atoms with E-state index < -0.39 is 6.04 Å². The van der Waals surface area contributed by atoms with Gasteiger partial charge in [0.1, 0.15) is 6.04 Å². The predicted molar refractivity (Wildman–Crippen MR) is 112 cm³/mol. The van der Waals surface area contributed by atoms with E-state index in [2.05, 4.69) is 17.5 Å². The van der Waals surface area contributed by atoms with Crippen LogP contribution in [0.1, 0.15) is 17.5 Å². The average Bonchev–Trinajstić information content (AvgIpc) is 3.46. The fourth-order valence-electron chi connectivity index (χ4n) is 5.27. The smallest absolute Gasteiger partial charge is 0.243 e. The van der Waals surface area contributed by atoms with E-state index in [0.29, 0.717) is 13.0 Å². The molecule has 5 heteroatoms. The Hall–Kier alpha value is -3.21. The number of nitrogens with one attached hydrogen (secondary N) is 1. The second-order valence-corrected chi connectivity index (χ2v) is 8.46. The van der Waals surface area contributed by atoms with Crippen molar-refractivity contribution < 1.29 is 14.4 Å². The normalized spacial score (nSPS) is 27.4. The van der Waals surface area contributed by atoms with Crippen LogP contribution in [0.2, 0.25) is 0 Å². The van der Waals surface area contributed by atoms with Crippen LogP contribution in [-0.4, -0.2) is 28.7 Å². The lowest BCUT2D eigenvalue weighted by molar-refractivity contribution is -0.148. The lowest BCUT2D eigenvalue weighted by atomic mass is 9.85. The van der Waals surface area contributed by atoms with Gasteiger partial charge in [-0.1, -0.05) is 72.8 Å². The Balaban J connectivity index is 1.40. The summed E-state index contributed by atoms with van der Waals surface area (Å²) in [6.07, 6.45) is 5.34. The van der Waals surface area contributed by atoms with Crippen molar-refractivity contribution in [3.8, 4) is 0 Å². The molecule has 0 unspecified atom stereocenters. The Labute approximate surface area is 175 Å². The van der Waals surface area contributed by atoms with Gasteiger partial charge in [0.25, 0.3) is 0 Å². The van der Waals surface area contributed by atoms with Crippen molar-refractivity contribution in [2.75, 3.05) is 0 Å². The summed E-state index contributed by atoms with van der Waals surface area (Å²) < 4.78 is 0. The Kier molecular flexibility index (Phi) is 4.74. The average molecular weight is 400 g/mol. The number of carbonyl (C=O) groups excluding carboxylic acids is 3. The first-order chi connectivity index (χ1) is 14.6. The van der Waals surface area contributed by atoms with Gasteiger partial charge in [0.15, 0.2) is 0 Å². The number of carbonyl (C=O) groups is 3. The number of allylic oxidation sites excluding steroid dienone is 2. The van der Waals surface area contributed by atoms with Gasteiger partial charge in [0, 0.05) is 13.0 Å². The molecule has 1 saturated heterocycles. The molecule has 2 fully saturated rings. The largest absolute Gasteiger partial charge is 0.350 e. The third-order valence-corrected chi connectivity index (χ3v) is 6.70. The van der Waals surface area contributed by atoms with Gasteiger partial charge < -0.3 is 5.32 Å². The van der Waals surface area contributed by atoms with Gasteiger partial charge >= 0.3 is 0 Å². The molecular weight excluding hydrogens is 376 g/mol. The quantitative estimate of drug-likeness (QED) is 0.599. The molecular formula is C25H24N2O3. The molecule has 2 bridgehead atoms. The minimum absolute atomic E-state index is 0.131. The second-order valence-electron chi connectivity index (χ2n) is 8.46. The summed E-state index contributed by atoms with van der Waals surface area (Å²) in [6.45, 7) is 0.362. The molecule has 3 aliphatic rings. The molecule has 1 heterocycles. The Bertz CT molecular complexity index is 972. The highest BCUT2D eigenvalue weighted by Gasteiger charge is 2.61. The van der Waals surface area contributed by atoms with Gasteiger partial charge in [-0.15, -0.1) is 0 Å². The molecule has 0 spiro atoms. The van der Waals surface area contributed by atoms with Crippen LogP contribution in [-0.2, 0) is 27.3 Å². The van der Waals surface area contributed by atoms with Crippen molar-refractivity contribution in [1.29, 1.82) is 0 Å². The van der Waals surface area contributed by atoms with E-state index >= 15 is 0 Å². The summed E-state index contributed by atoms with van der Waals surface area (Å²) in [6, 6.07) is 18.4. The number of nitrogens with zero attached hydrogens (tertiary/aromatic N) is 1. The summed E-state index contributed by atoms with van der Waals surface area (Å²) in [7, 11) is 0. The highest BCUT2D eigenvalue weighted by atomic mass is 16.2. The highest BCUT2D eigenvalue weighted by molar-refractivity contribution is 6.09. The molecule has 1 saturated carbocycles. The molecule has 5 nitrogen and oxygen atoms in total. The van der Waals surface area contributed by atoms with Gasteiger partial charge in [-0.2, -0.15) is 0 Å². The van der Waals surface area contributed by atoms with Crippen molar-refractivity contribution in [1.82, 2.24) is 10.2 Å². The zero-order chi connectivity index (χ0) is 20.7.